The Morgan fingerprint density at radius 3 is 2.57 bits per heavy atom. The lowest BCUT2D eigenvalue weighted by Crippen LogP contribution is -2.31. The number of nitrogens with zero attached hydrogens (tertiary/aromatic N) is 1. The predicted octanol–water partition coefficient (Wildman–Crippen LogP) is 5.54. The van der Waals surface area contributed by atoms with Gasteiger partial charge in [-0.15, -0.1) is 0 Å². The summed E-state index contributed by atoms with van der Waals surface area (Å²) in [5.74, 6) is -0.609. The summed E-state index contributed by atoms with van der Waals surface area (Å²) in [5.41, 5.74) is 4.05. The zero-order valence-corrected chi connectivity index (χ0v) is 20.4. The van der Waals surface area contributed by atoms with E-state index in [4.69, 9.17) is 0 Å². The number of aryl methyl sites for hydroxylation is 2. The van der Waals surface area contributed by atoms with Gasteiger partial charge in [-0.3, -0.25) is 9.59 Å². The number of carbonyl (C=O) groups excluding carboxylic acids is 2. The maximum atomic E-state index is 12.5. The Morgan fingerprint density at radius 1 is 1.23 bits per heavy atom. The van der Waals surface area contributed by atoms with E-state index < -0.39 is 0 Å². The Morgan fingerprint density at radius 2 is 1.93 bits per heavy atom. The predicted molar refractivity (Wildman–Crippen MR) is 127 cm³/mol. The molecule has 0 radical (unpaired) electrons. The molecule has 0 aliphatic carbocycles. The van der Waals surface area contributed by atoms with Gasteiger partial charge in [-0.05, 0) is 54.8 Å². The number of nitrogens with one attached hydrogen (secondary N) is 2. The standard InChI is InChI=1S/C22H19Br2N3O2S/c1-12-6-16(24)7-13(2)21(12)26-20(29)11-30-22-18(10-25)17(9-19(28)27-22)14-4-3-5-15(23)8-14/h3-8,17H,9,11H2,1-2H3,(H,26,29)(H,27,28)/t17-/m0/s1. The summed E-state index contributed by atoms with van der Waals surface area (Å²) in [7, 11) is 0. The molecule has 1 heterocycles. The molecule has 0 fully saturated rings. The first kappa shape index (κ1) is 22.6. The number of thioether (sulfide) groups is 1. The fraction of sp³-hybridized carbons (Fsp3) is 0.227. The van der Waals surface area contributed by atoms with E-state index in [1.807, 2.05) is 50.2 Å². The highest BCUT2D eigenvalue weighted by Gasteiger charge is 2.30. The fourth-order valence-corrected chi connectivity index (χ4v) is 5.34. The molecule has 2 aromatic carbocycles. The molecule has 1 aliphatic rings. The molecule has 0 unspecified atom stereocenters. The van der Waals surface area contributed by atoms with E-state index in [0.29, 0.717) is 10.6 Å². The molecule has 0 aromatic heterocycles. The summed E-state index contributed by atoms with van der Waals surface area (Å²) in [5, 5.41) is 15.9. The van der Waals surface area contributed by atoms with Crippen LogP contribution in [0.3, 0.4) is 0 Å². The van der Waals surface area contributed by atoms with E-state index in [1.54, 1.807) is 0 Å². The molecule has 2 aromatic rings. The Kier molecular flexibility index (Phi) is 7.40. The topological polar surface area (TPSA) is 82.0 Å². The number of carbonyl (C=O) groups is 2. The zero-order valence-electron chi connectivity index (χ0n) is 16.4. The van der Waals surface area contributed by atoms with Gasteiger partial charge in [-0.1, -0.05) is 55.8 Å². The van der Waals surface area contributed by atoms with Gasteiger partial charge in [0.25, 0.3) is 0 Å². The lowest BCUT2D eigenvalue weighted by Gasteiger charge is -2.25. The van der Waals surface area contributed by atoms with Crippen molar-refractivity contribution < 1.29 is 9.59 Å². The van der Waals surface area contributed by atoms with Gasteiger partial charge in [0.15, 0.2) is 0 Å². The van der Waals surface area contributed by atoms with E-state index in [0.717, 1.165) is 31.3 Å². The molecule has 154 valence electrons. The van der Waals surface area contributed by atoms with Crippen LogP contribution in [-0.2, 0) is 9.59 Å². The minimum absolute atomic E-state index is 0.0843. The summed E-state index contributed by atoms with van der Waals surface area (Å²) in [6.45, 7) is 3.86. The third kappa shape index (κ3) is 5.34. The smallest absolute Gasteiger partial charge is 0.234 e. The number of nitriles is 1. The van der Waals surface area contributed by atoms with Gasteiger partial charge in [0, 0.05) is 27.0 Å². The minimum atomic E-state index is -0.331. The van der Waals surface area contributed by atoms with Crippen molar-refractivity contribution >= 4 is 61.1 Å². The highest BCUT2D eigenvalue weighted by atomic mass is 79.9. The molecule has 2 amide bonds. The van der Waals surface area contributed by atoms with E-state index >= 15 is 0 Å². The van der Waals surface area contributed by atoms with Crippen LogP contribution < -0.4 is 10.6 Å². The molecule has 5 nitrogen and oxygen atoms in total. The number of allylic oxidation sites excluding steroid dienone is 1. The van der Waals surface area contributed by atoms with Crippen LogP contribution >= 0.6 is 43.6 Å². The molecular weight excluding hydrogens is 530 g/mol. The Balaban J connectivity index is 1.78. The van der Waals surface area contributed by atoms with Crippen molar-refractivity contribution in [2.24, 2.45) is 0 Å². The third-order valence-electron chi connectivity index (χ3n) is 4.72. The first-order chi connectivity index (χ1) is 14.3. The van der Waals surface area contributed by atoms with Gasteiger partial charge in [0.05, 0.1) is 22.4 Å². The molecule has 0 saturated heterocycles. The quantitative estimate of drug-likeness (QED) is 0.514. The number of hydrogen-bond acceptors (Lipinski definition) is 4. The fourth-order valence-electron chi connectivity index (χ4n) is 3.36. The summed E-state index contributed by atoms with van der Waals surface area (Å²) >= 11 is 8.06. The van der Waals surface area contributed by atoms with E-state index in [1.165, 1.54) is 11.8 Å². The van der Waals surface area contributed by atoms with Crippen LogP contribution in [0, 0.1) is 25.2 Å². The van der Waals surface area contributed by atoms with Crippen LogP contribution in [-0.4, -0.2) is 17.6 Å². The highest BCUT2D eigenvalue weighted by molar-refractivity contribution is 9.10. The maximum Gasteiger partial charge on any atom is 0.234 e. The van der Waals surface area contributed by atoms with Crippen molar-refractivity contribution in [2.75, 3.05) is 11.1 Å². The van der Waals surface area contributed by atoms with Crippen molar-refractivity contribution in [1.29, 1.82) is 5.26 Å². The van der Waals surface area contributed by atoms with Crippen LogP contribution in [0.1, 0.15) is 29.0 Å². The second kappa shape index (κ2) is 9.82. The molecule has 2 N–H and O–H groups in total. The monoisotopic (exact) mass is 547 g/mol. The van der Waals surface area contributed by atoms with E-state index in [9.17, 15) is 14.9 Å². The van der Waals surface area contributed by atoms with Crippen molar-refractivity contribution in [1.82, 2.24) is 5.32 Å². The summed E-state index contributed by atoms with van der Waals surface area (Å²) in [6.07, 6.45) is 0.201. The van der Waals surface area contributed by atoms with Crippen molar-refractivity contribution in [3.63, 3.8) is 0 Å². The number of halogens is 2. The molecule has 0 spiro atoms. The summed E-state index contributed by atoms with van der Waals surface area (Å²) < 4.78 is 1.84. The van der Waals surface area contributed by atoms with Crippen molar-refractivity contribution in [3.8, 4) is 6.07 Å². The van der Waals surface area contributed by atoms with Gasteiger partial charge in [-0.25, -0.2) is 0 Å². The van der Waals surface area contributed by atoms with Crippen molar-refractivity contribution in [2.45, 2.75) is 26.2 Å². The van der Waals surface area contributed by atoms with Crippen molar-refractivity contribution in [3.05, 3.63) is 72.6 Å². The second-order valence-electron chi connectivity index (χ2n) is 6.97. The average Bonchev–Trinajstić information content (AvgIpc) is 2.68. The Labute approximate surface area is 196 Å². The molecule has 0 bridgehead atoms. The second-order valence-corrected chi connectivity index (χ2v) is 9.78. The Bertz CT molecular complexity index is 1070. The highest BCUT2D eigenvalue weighted by Crippen LogP contribution is 2.36. The molecule has 30 heavy (non-hydrogen) atoms. The first-order valence-electron chi connectivity index (χ1n) is 9.17. The first-order valence-corrected chi connectivity index (χ1v) is 11.7. The number of benzene rings is 2. The van der Waals surface area contributed by atoms with E-state index in [-0.39, 0.29) is 29.9 Å². The third-order valence-corrected chi connectivity index (χ3v) is 6.68. The van der Waals surface area contributed by atoms with E-state index in [2.05, 4.69) is 48.6 Å². The molecule has 8 heteroatoms. The Hall–Kier alpha value is -2.08. The number of amides is 2. The minimum Gasteiger partial charge on any atom is -0.325 e. The van der Waals surface area contributed by atoms with Crippen LogP contribution in [0.2, 0.25) is 0 Å². The summed E-state index contributed by atoms with van der Waals surface area (Å²) in [6, 6.07) is 13.7. The SMILES string of the molecule is Cc1cc(Br)cc(C)c1NC(=O)CSC1=C(C#N)[C@H](c2cccc(Br)c2)CC(=O)N1. The molecule has 0 saturated carbocycles. The van der Waals surface area contributed by atoms with Crippen LogP contribution in [0.4, 0.5) is 5.69 Å². The lowest BCUT2D eigenvalue weighted by molar-refractivity contribution is -0.121. The normalized spacial score (nSPS) is 16.1. The van der Waals surface area contributed by atoms with Gasteiger partial charge in [0.1, 0.15) is 0 Å². The van der Waals surface area contributed by atoms with Gasteiger partial charge in [-0.2, -0.15) is 5.26 Å². The molecule has 1 atom stereocenters. The van der Waals surface area contributed by atoms with Crippen LogP contribution in [0.15, 0.2) is 55.9 Å². The summed E-state index contributed by atoms with van der Waals surface area (Å²) in [4.78, 5) is 24.8. The largest absolute Gasteiger partial charge is 0.325 e. The van der Waals surface area contributed by atoms with Gasteiger partial charge >= 0.3 is 0 Å². The molecule has 3 rings (SSSR count). The number of hydrogen-bond donors (Lipinski definition) is 2. The maximum absolute atomic E-state index is 12.5. The lowest BCUT2D eigenvalue weighted by atomic mass is 9.87. The number of rotatable bonds is 5. The zero-order chi connectivity index (χ0) is 21.8. The molecular formula is C22H19Br2N3O2S. The van der Waals surface area contributed by atoms with Crippen LogP contribution in [0.25, 0.3) is 0 Å². The number of anilines is 1. The van der Waals surface area contributed by atoms with Gasteiger partial charge in [0.2, 0.25) is 11.8 Å². The van der Waals surface area contributed by atoms with Crippen LogP contribution in [0.5, 0.6) is 0 Å². The van der Waals surface area contributed by atoms with Gasteiger partial charge < -0.3 is 10.6 Å². The average molecular weight is 549 g/mol. The molecule has 1 aliphatic heterocycles.